The van der Waals surface area contributed by atoms with E-state index in [1.807, 2.05) is 55.5 Å². The molecule has 0 N–H and O–H groups in total. The third-order valence-electron chi connectivity index (χ3n) is 5.66. The van der Waals surface area contributed by atoms with Gasteiger partial charge in [-0.1, -0.05) is 48.4 Å². The van der Waals surface area contributed by atoms with Crippen molar-refractivity contribution >= 4 is 40.4 Å². The molecule has 2 aliphatic rings. The van der Waals surface area contributed by atoms with Crippen LogP contribution in [-0.2, 0) is 9.59 Å². The van der Waals surface area contributed by atoms with Crippen LogP contribution in [-0.4, -0.2) is 49.4 Å². The summed E-state index contributed by atoms with van der Waals surface area (Å²) >= 11 is 6.28. The number of nitrogens with zero attached hydrogens (tertiary/aromatic N) is 3. The van der Waals surface area contributed by atoms with Crippen LogP contribution in [0.1, 0.15) is 18.1 Å². The van der Waals surface area contributed by atoms with Crippen molar-refractivity contribution in [2.45, 2.75) is 13.8 Å². The van der Waals surface area contributed by atoms with Crippen LogP contribution >= 0.6 is 11.6 Å². The van der Waals surface area contributed by atoms with E-state index in [1.54, 1.807) is 0 Å². The number of piperazine rings is 1. The Kier molecular flexibility index (Phi) is 5.43. The molecule has 0 atom stereocenters. The first-order valence-corrected chi connectivity index (χ1v) is 10.3. The number of imide groups is 1. The molecule has 29 heavy (non-hydrogen) atoms. The van der Waals surface area contributed by atoms with Crippen LogP contribution in [0.2, 0.25) is 0 Å². The van der Waals surface area contributed by atoms with Gasteiger partial charge in [0, 0.05) is 31.9 Å². The molecule has 4 rings (SSSR count). The number of halogens is 1. The molecule has 2 heterocycles. The largest absolute Gasteiger partial charge is 0.369 e. The van der Waals surface area contributed by atoms with Gasteiger partial charge in [0.1, 0.15) is 5.03 Å². The van der Waals surface area contributed by atoms with Crippen LogP contribution in [0.4, 0.5) is 11.4 Å². The van der Waals surface area contributed by atoms with Gasteiger partial charge in [0.05, 0.1) is 11.3 Å². The first-order valence-electron chi connectivity index (χ1n) is 9.92. The van der Waals surface area contributed by atoms with Crippen molar-refractivity contribution in [1.29, 1.82) is 0 Å². The second kappa shape index (κ2) is 8.01. The Morgan fingerprint density at radius 1 is 0.828 bits per heavy atom. The highest BCUT2D eigenvalue weighted by atomic mass is 35.5. The minimum atomic E-state index is -0.475. The predicted molar refractivity (Wildman–Crippen MR) is 117 cm³/mol. The smallest absolute Gasteiger partial charge is 0.277 e. The molecule has 2 aromatic carbocycles. The van der Waals surface area contributed by atoms with E-state index < -0.39 is 5.91 Å². The summed E-state index contributed by atoms with van der Waals surface area (Å²) in [5, 5.41) is -0.0291. The number of hydrogen-bond acceptors (Lipinski definition) is 4. The molecule has 0 spiro atoms. The maximum absolute atomic E-state index is 13.0. The molecule has 1 fully saturated rings. The lowest BCUT2D eigenvalue weighted by molar-refractivity contribution is -0.119. The maximum atomic E-state index is 13.0. The number of aryl methyl sites for hydroxylation is 1. The highest BCUT2D eigenvalue weighted by Crippen LogP contribution is 2.35. The summed E-state index contributed by atoms with van der Waals surface area (Å²) in [7, 11) is 0. The Bertz CT molecular complexity index is 959. The number of carbonyl (C=O) groups excluding carboxylic acids is 2. The molecular weight excluding hydrogens is 386 g/mol. The number of rotatable bonds is 4. The SMILES string of the molecule is CCN1CCN(c2ccc(N3C(=O)C(Cl)=C(c4ccc(C)cc4)C3=O)cc2)CC1. The number of hydrogen-bond donors (Lipinski definition) is 0. The Balaban J connectivity index is 1.54. The Morgan fingerprint density at radius 2 is 1.41 bits per heavy atom. The summed E-state index contributed by atoms with van der Waals surface area (Å²) in [4.78, 5) is 31.6. The van der Waals surface area contributed by atoms with Crippen molar-refractivity contribution in [1.82, 2.24) is 4.90 Å². The van der Waals surface area contributed by atoms with Crippen molar-refractivity contribution in [2.75, 3.05) is 42.5 Å². The van der Waals surface area contributed by atoms with Crippen LogP contribution in [0.5, 0.6) is 0 Å². The summed E-state index contributed by atoms with van der Waals surface area (Å²) in [6, 6.07) is 15.0. The molecule has 1 saturated heterocycles. The highest BCUT2D eigenvalue weighted by molar-refractivity contribution is 6.60. The van der Waals surface area contributed by atoms with E-state index in [-0.39, 0.29) is 16.5 Å². The van der Waals surface area contributed by atoms with Crippen LogP contribution in [0.3, 0.4) is 0 Å². The van der Waals surface area contributed by atoms with Crippen molar-refractivity contribution in [2.24, 2.45) is 0 Å². The molecule has 0 aromatic heterocycles. The second-order valence-electron chi connectivity index (χ2n) is 7.44. The zero-order chi connectivity index (χ0) is 20.5. The van der Waals surface area contributed by atoms with Crippen molar-refractivity contribution < 1.29 is 9.59 Å². The molecule has 0 unspecified atom stereocenters. The summed E-state index contributed by atoms with van der Waals surface area (Å²) < 4.78 is 0. The highest BCUT2D eigenvalue weighted by Gasteiger charge is 2.39. The van der Waals surface area contributed by atoms with E-state index >= 15 is 0 Å². The molecule has 2 aliphatic heterocycles. The van der Waals surface area contributed by atoms with Crippen LogP contribution in [0, 0.1) is 6.92 Å². The molecular formula is C23H24ClN3O2. The molecule has 0 aliphatic carbocycles. The molecule has 5 nitrogen and oxygen atoms in total. The molecule has 6 heteroatoms. The molecule has 150 valence electrons. The van der Waals surface area contributed by atoms with Gasteiger partial charge >= 0.3 is 0 Å². The topological polar surface area (TPSA) is 43.9 Å². The lowest BCUT2D eigenvalue weighted by Crippen LogP contribution is -2.46. The third kappa shape index (κ3) is 3.68. The molecule has 0 bridgehead atoms. The fourth-order valence-corrected chi connectivity index (χ4v) is 4.12. The van der Waals surface area contributed by atoms with Crippen LogP contribution in [0.25, 0.3) is 5.57 Å². The van der Waals surface area contributed by atoms with Crippen LogP contribution < -0.4 is 9.80 Å². The van der Waals surface area contributed by atoms with Gasteiger partial charge in [-0.05, 0) is 43.3 Å². The van der Waals surface area contributed by atoms with Gasteiger partial charge in [0.25, 0.3) is 11.8 Å². The minimum absolute atomic E-state index is 0.0291. The van der Waals surface area contributed by atoms with E-state index in [0.29, 0.717) is 11.3 Å². The van der Waals surface area contributed by atoms with E-state index in [4.69, 9.17) is 11.6 Å². The number of anilines is 2. The Morgan fingerprint density at radius 3 is 2.00 bits per heavy atom. The molecule has 0 radical (unpaired) electrons. The van der Waals surface area contributed by atoms with Gasteiger partial charge < -0.3 is 9.80 Å². The standard InChI is InChI=1S/C23H24ClN3O2/c1-3-25-12-14-26(15-13-25)18-8-10-19(11-9-18)27-22(28)20(21(24)23(27)29)17-6-4-16(2)5-7-17/h4-11H,3,12-15H2,1-2H3. The van der Waals surface area contributed by atoms with E-state index in [2.05, 4.69) is 16.7 Å². The monoisotopic (exact) mass is 409 g/mol. The van der Waals surface area contributed by atoms with Gasteiger partial charge in [-0.15, -0.1) is 0 Å². The normalized spacial score (nSPS) is 18.2. The molecule has 2 amide bonds. The Labute approximate surface area is 176 Å². The number of carbonyl (C=O) groups is 2. The van der Waals surface area contributed by atoms with Crippen molar-refractivity contribution in [3.8, 4) is 0 Å². The average molecular weight is 410 g/mol. The quantitative estimate of drug-likeness (QED) is 0.723. The summed E-state index contributed by atoms with van der Waals surface area (Å²) in [6.45, 7) is 9.25. The van der Waals surface area contributed by atoms with E-state index in [0.717, 1.165) is 48.9 Å². The van der Waals surface area contributed by atoms with Crippen molar-refractivity contribution in [3.05, 3.63) is 64.7 Å². The fraction of sp³-hybridized carbons (Fsp3) is 0.304. The third-order valence-corrected chi connectivity index (χ3v) is 6.01. The number of likely N-dealkylation sites (N-methyl/N-ethyl adjacent to an activating group) is 1. The summed E-state index contributed by atoms with van der Waals surface area (Å²) in [5.41, 5.74) is 3.63. The zero-order valence-electron chi connectivity index (χ0n) is 16.7. The van der Waals surface area contributed by atoms with E-state index in [1.165, 1.54) is 0 Å². The first kappa shape index (κ1) is 19.7. The lowest BCUT2D eigenvalue weighted by atomic mass is 10.0. The van der Waals surface area contributed by atoms with Crippen LogP contribution in [0.15, 0.2) is 53.6 Å². The number of benzene rings is 2. The zero-order valence-corrected chi connectivity index (χ0v) is 17.4. The fourth-order valence-electron chi connectivity index (χ4n) is 3.84. The number of amides is 2. The van der Waals surface area contributed by atoms with Gasteiger partial charge in [-0.3, -0.25) is 9.59 Å². The van der Waals surface area contributed by atoms with Gasteiger partial charge in [-0.2, -0.15) is 0 Å². The average Bonchev–Trinajstić information content (AvgIpc) is 2.97. The second-order valence-corrected chi connectivity index (χ2v) is 7.82. The maximum Gasteiger partial charge on any atom is 0.277 e. The van der Waals surface area contributed by atoms with Gasteiger partial charge in [0.2, 0.25) is 0 Å². The Hall–Kier alpha value is -2.63. The van der Waals surface area contributed by atoms with E-state index in [9.17, 15) is 9.59 Å². The first-order chi connectivity index (χ1) is 14.0. The lowest BCUT2D eigenvalue weighted by Gasteiger charge is -2.35. The van der Waals surface area contributed by atoms with Crippen molar-refractivity contribution in [3.63, 3.8) is 0 Å². The molecule has 2 aromatic rings. The summed E-state index contributed by atoms with van der Waals surface area (Å²) in [6.07, 6.45) is 0. The predicted octanol–water partition coefficient (Wildman–Crippen LogP) is 3.66. The van der Waals surface area contributed by atoms with Gasteiger partial charge in [-0.25, -0.2) is 4.90 Å². The molecule has 0 saturated carbocycles. The minimum Gasteiger partial charge on any atom is -0.369 e. The summed E-state index contributed by atoms with van der Waals surface area (Å²) in [5.74, 6) is -0.857. The van der Waals surface area contributed by atoms with Gasteiger partial charge in [0.15, 0.2) is 0 Å².